The molecular weight excluding hydrogens is 307 g/mol. The molecule has 0 saturated carbocycles. The first-order chi connectivity index (χ1) is 11.7. The molecule has 3 heteroatoms. The fourth-order valence-corrected chi connectivity index (χ4v) is 3.49. The highest BCUT2D eigenvalue weighted by molar-refractivity contribution is 6.47. The van der Waals surface area contributed by atoms with Crippen LogP contribution in [0.2, 0.25) is 5.82 Å². The van der Waals surface area contributed by atoms with Crippen LogP contribution in [0.3, 0.4) is 0 Å². The van der Waals surface area contributed by atoms with Gasteiger partial charge in [-0.2, -0.15) is 0 Å². The summed E-state index contributed by atoms with van der Waals surface area (Å²) in [6.07, 6.45) is 0. The van der Waals surface area contributed by atoms with Gasteiger partial charge < -0.3 is 9.31 Å². The van der Waals surface area contributed by atoms with E-state index in [1.807, 2.05) is 0 Å². The van der Waals surface area contributed by atoms with Crippen LogP contribution in [0.5, 0.6) is 0 Å². The van der Waals surface area contributed by atoms with Gasteiger partial charge in [-0.15, -0.1) is 0 Å². The van der Waals surface area contributed by atoms with Crippen LogP contribution in [-0.4, -0.2) is 18.3 Å². The van der Waals surface area contributed by atoms with Crippen LogP contribution in [-0.2, 0) is 9.31 Å². The highest BCUT2D eigenvalue weighted by Crippen LogP contribution is 2.45. The van der Waals surface area contributed by atoms with Gasteiger partial charge in [-0.25, -0.2) is 0 Å². The van der Waals surface area contributed by atoms with Crippen LogP contribution in [0.4, 0.5) is 0 Å². The van der Waals surface area contributed by atoms with E-state index in [0.717, 1.165) is 0 Å². The van der Waals surface area contributed by atoms with Crippen molar-refractivity contribution in [2.75, 3.05) is 0 Å². The zero-order valence-electron chi connectivity index (χ0n) is 16.2. The van der Waals surface area contributed by atoms with Gasteiger partial charge >= 0.3 is 7.12 Å². The molecule has 3 rings (SSSR count). The highest BCUT2D eigenvalue weighted by Gasteiger charge is 2.54. The number of benzene rings is 2. The molecule has 2 nitrogen and oxygen atoms in total. The minimum absolute atomic E-state index is 0.200. The summed E-state index contributed by atoms with van der Waals surface area (Å²) < 4.78 is 12.7. The summed E-state index contributed by atoms with van der Waals surface area (Å²) in [7, 11) is -0.225. The number of rotatable bonds is 4. The Balaban J connectivity index is 1.96. The van der Waals surface area contributed by atoms with Crippen molar-refractivity contribution in [1.29, 1.82) is 0 Å². The molecule has 2 aromatic rings. The van der Waals surface area contributed by atoms with Crippen molar-refractivity contribution in [2.45, 2.75) is 64.5 Å². The van der Waals surface area contributed by atoms with Crippen molar-refractivity contribution in [2.24, 2.45) is 0 Å². The van der Waals surface area contributed by atoms with Crippen molar-refractivity contribution in [1.82, 2.24) is 0 Å². The molecule has 25 heavy (non-hydrogen) atoms. The Hall–Kier alpha value is -1.58. The van der Waals surface area contributed by atoms with Gasteiger partial charge in [0.1, 0.15) is 0 Å². The van der Waals surface area contributed by atoms with Crippen molar-refractivity contribution >= 4 is 7.12 Å². The maximum absolute atomic E-state index is 6.35. The second-order valence-electron chi connectivity index (χ2n) is 8.28. The topological polar surface area (TPSA) is 18.5 Å². The standard InChI is InChI=1S/C22H29BO2/c1-16-12-14-19(15-13-16)20(18-10-8-7-9-11-18)17(2)23-24-21(3,4)22(5,6)25-23/h7-15,17,20H,1-6H3/t17-,20-/m1/s1. The van der Waals surface area contributed by atoms with Crippen LogP contribution in [0.1, 0.15) is 57.2 Å². The van der Waals surface area contributed by atoms with E-state index in [4.69, 9.17) is 9.31 Å². The summed E-state index contributed by atoms with van der Waals surface area (Å²) >= 11 is 0. The number of hydrogen-bond donors (Lipinski definition) is 0. The van der Waals surface area contributed by atoms with Gasteiger partial charge in [-0.05, 0) is 45.7 Å². The maximum Gasteiger partial charge on any atom is 0.461 e. The maximum atomic E-state index is 6.35. The van der Waals surface area contributed by atoms with E-state index in [2.05, 4.69) is 96.1 Å². The summed E-state index contributed by atoms with van der Waals surface area (Å²) in [6.45, 7) is 12.8. The summed E-state index contributed by atoms with van der Waals surface area (Å²) in [4.78, 5) is 0. The van der Waals surface area contributed by atoms with Crippen molar-refractivity contribution in [3.63, 3.8) is 0 Å². The lowest BCUT2D eigenvalue weighted by Crippen LogP contribution is -2.41. The van der Waals surface area contributed by atoms with E-state index >= 15 is 0 Å². The first-order valence-electron chi connectivity index (χ1n) is 9.18. The molecule has 1 saturated heterocycles. The van der Waals surface area contributed by atoms with Gasteiger partial charge in [-0.1, -0.05) is 67.1 Å². The Morgan fingerprint density at radius 3 is 1.76 bits per heavy atom. The second kappa shape index (κ2) is 6.62. The predicted octanol–water partition coefficient (Wildman–Crippen LogP) is 5.61. The van der Waals surface area contributed by atoms with Crippen molar-refractivity contribution in [3.8, 4) is 0 Å². The molecule has 0 unspecified atom stereocenters. The molecule has 2 aromatic carbocycles. The highest BCUT2D eigenvalue weighted by atomic mass is 16.7. The lowest BCUT2D eigenvalue weighted by Gasteiger charge is -2.32. The molecule has 1 aliphatic heterocycles. The van der Waals surface area contributed by atoms with Crippen molar-refractivity contribution in [3.05, 3.63) is 71.3 Å². The number of aryl methyl sites for hydroxylation is 1. The molecule has 132 valence electrons. The second-order valence-corrected chi connectivity index (χ2v) is 8.28. The van der Waals surface area contributed by atoms with Crippen LogP contribution >= 0.6 is 0 Å². The summed E-state index contributed by atoms with van der Waals surface area (Å²) in [5.41, 5.74) is 3.27. The van der Waals surface area contributed by atoms with E-state index in [1.54, 1.807) is 0 Å². The van der Waals surface area contributed by atoms with Gasteiger partial charge in [0.2, 0.25) is 0 Å². The third kappa shape index (κ3) is 3.54. The molecule has 0 N–H and O–H groups in total. The van der Waals surface area contributed by atoms with E-state index < -0.39 is 0 Å². The van der Waals surface area contributed by atoms with Gasteiger partial charge in [0.05, 0.1) is 11.2 Å². The Labute approximate surface area is 152 Å². The van der Waals surface area contributed by atoms with Crippen LogP contribution in [0, 0.1) is 6.92 Å². The van der Waals surface area contributed by atoms with E-state index in [9.17, 15) is 0 Å². The fraction of sp³-hybridized carbons (Fsp3) is 0.455. The van der Waals surface area contributed by atoms with Crippen LogP contribution in [0.25, 0.3) is 0 Å². The summed E-state index contributed by atoms with van der Waals surface area (Å²) in [5.74, 6) is 0.433. The number of hydrogen-bond acceptors (Lipinski definition) is 2. The first kappa shape index (κ1) is 18.2. The van der Waals surface area contributed by atoms with Gasteiger partial charge in [-0.3, -0.25) is 0 Å². The zero-order valence-corrected chi connectivity index (χ0v) is 16.2. The smallest absolute Gasteiger partial charge is 0.403 e. The third-order valence-electron chi connectivity index (χ3n) is 5.82. The molecule has 0 radical (unpaired) electrons. The molecule has 0 aromatic heterocycles. The Kier molecular flexibility index (Phi) is 4.83. The zero-order chi connectivity index (χ0) is 18.2. The minimum atomic E-state index is -0.305. The lowest BCUT2D eigenvalue weighted by atomic mass is 9.62. The lowest BCUT2D eigenvalue weighted by molar-refractivity contribution is 0.00578. The third-order valence-corrected chi connectivity index (χ3v) is 5.82. The molecule has 0 bridgehead atoms. The van der Waals surface area contributed by atoms with Gasteiger partial charge in [0.15, 0.2) is 0 Å². The predicted molar refractivity (Wildman–Crippen MR) is 105 cm³/mol. The largest absolute Gasteiger partial charge is 0.461 e. The van der Waals surface area contributed by atoms with E-state index in [-0.39, 0.29) is 30.1 Å². The Morgan fingerprint density at radius 2 is 1.24 bits per heavy atom. The van der Waals surface area contributed by atoms with Crippen molar-refractivity contribution < 1.29 is 9.31 Å². The Bertz CT molecular complexity index is 691. The Morgan fingerprint density at radius 1 is 0.760 bits per heavy atom. The molecule has 0 spiro atoms. The van der Waals surface area contributed by atoms with Crippen LogP contribution in [0.15, 0.2) is 54.6 Å². The molecule has 2 atom stereocenters. The monoisotopic (exact) mass is 336 g/mol. The molecule has 1 heterocycles. The quantitative estimate of drug-likeness (QED) is 0.676. The summed E-state index contributed by atoms with van der Waals surface area (Å²) in [6, 6.07) is 19.5. The summed E-state index contributed by atoms with van der Waals surface area (Å²) in [5, 5.41) is 0. The molecule has 0 aliphatic carbocycles. The molecule has 1 fully saturated rings. The first-order valence-corrected chi connectivity index (χ1v) is 9.18. The van der Waals surface area contributed by atoms with Gasteiger partial charge in [0, 0.05) is 11.7 Å². The molecule has 0 amide bonds. The minimum Gasteiger partial charge on any atom is -0.403 e. The fourth-order valence-electron chi connectivity index (χ4n) is 3.49. The van der Waals surface area contributed by atoms with Crippen LogP contribution < -0.4 is 0 Å². The average molecular weight is 336 g/mol. The molecular formula is C22H29BO2. The molecule has 1 aliphatic rings. The van der Waals surface area contributed by atoms with E-state index in [0.29, 0.717) is 0 Å². The average Bonchev–Trinajstić information content (AvgIpc) is 2.78. The SMILES string of the molecule is Cc1ccc([C@@H](c2ccccc2)[C@@H](C)B2OC(C)(C)C(C)(C)O2)cc1. The van der Waals surface area contributed by atoms with E-state index in [1.165, 1.54) is 16.7 Å². The normalized spacial score (nSPS) is 21.1. The van der Waals surface area contributed by atoms with Gasteiger partial charge in [0.25, 0.3) is 0 Å².